The van der Waals surface area contributed by atoms with E-state index in [1.807, 2.05) is 12.1 Å². The molecule has 0 aliphatic rings. The number of carbonyl (C=O) groups is 1. The fraction of sp³-hybridized carbons (Fsp3) is 0.231. The zero-order valence-electron chi connectivity index (χ0n) is 11.2. The van der Waals surface area contributed by atoms with Crippen LogP contribution in [0.25, 0.3) is 0 Å². The molecule has 2 aromatic rings. The molecule has 0 aliphatic carbocycles. The second-order valence-electron chi connectivity index (χ2n) is 3.81. The number of hydrogen-bond donors (Lipinski definition) is 1. The van der Waals surface area contributed by atoms with Crippen LogP contribution in [-0.2, 0) is 11.3 Å². The molecule has 2 heterocycles. The smallest absolute Gasteiger partial charge is 0.358 e. The van der Waals surface area contributed by atoms with E-state index in [0.29, 0.717) is 18.2 Å². The number of esters is 1. The number of rotatable bonds is 5. The van der Waals surface area contributed by atoms with E-state index in [1.54, 1.807) is 13.3 Å². The number of nitrogens with one attached hydrogen (secondary N) is 1. The Morgan fingerprint density at radius 3 is 2.95 bits per heavy atom. The SMILES string of the molecule is COC(=O)c1cncc(NCc2cccnc2OC)n1. The quantitative estimate of drug-likeness (QED) is 0.822. The maximum absolute atomic E-state index is 11.4. The molecule has 7 heteroatoms. The number of carbonyl (C=O) groups excluding carboxylic acids is 1. The van der Waals surface area contributed by atoms with Gasteiger partial charge in [0.15, 0.2) is 5.69 Å². The highest BCUT2D eigenvalue weighted by Gasteiger charge is 2.09. The minimum absolute atomic E-state index is 0.149. The van der Waals surface area contributed by atoms with Crippen molar-refractivity contribution in [3.05, 3.63) is 42.0 Å². The maximum Gasteiger partial charge on any atom is 0.358 e. The van der Waals surface area contributed by atoms with Crippen molar-refractivity contribution in [1.29, 1.82) is 0 Å². The van der Waals surface area contributed by atoms with Crippen molar-refractivity contribution < 1.29 is 14.3 Å². The first-order valence-corrected chi connectivity index (χ1v) is 5.86. The van der Waals surface area contributed by atoms with Gasteiger partial charge < -0.3 is 14.8 Å². The average molecular weight is 274 g/mol. The Morgan fingerprint density at radius 1 is 1.35 bits per heavy atom. The van der Waals surface area contributed by atoms with Crippen LogP contribution in [0.5, 0.6) is 5.88 Å². The molecule has 0 aromatic carbocycles. The zero-order valence-corrected chi connectivity index (χ0v) is 11.2. The van der Waals surface area contributed by atoms with Gasteiger partial charge in [0, 0.05) is 18.3 Å². The van der Waals surface area contributed by atoms with Crippen molar-refractivity contribution in [2.45, 2.75) is 6.54 Å². The molecule has 1 N–H and O–H groups in total. The lowest BCUT2D eigenvalue weighted by molar-refractivity contribution is 0.0593. The van der Waals surface area contributed by atoms with Gasteiger partial charge in [0.1, 0.15) is 5.82 Å². The van der Waals surface area contributed by atoms with Gasteiger partial charge in [-0.3, -0.25) is 4.98 Å². The molecule has 0 amide bonds. The van der Waals surface area contributed by atoms with Crippen molar-refractivity contribution in [1.82, 2.24) is 15.0 Å². The van der Waals surface area contributed by atoms with Gasteiger partial charge in [-0.15, -0.1) is 0 Å². The molecule has 0 atom stereocenters. The van der Waals surface area contributed by atoms with E-state index in [-0.39, 0.29) is 5.69 Å². The van der Waals surface area contributed by atoms with E-state index in [1.165, 1.54) is 19.5 Å². The summed E-state index contributed by atoms with van der Waals surface area (Å²) in [6.45, 7) is 0.455. The van der Waals surface area contributed by atoms with E-state index < -0.39 is 5.97 Å². The van der Waals surface area contributed by atoms with Gasteiger partial charge in [0.05, 0.1) is 26.6 Å². The number of aromatic nitrogens is 3. The molecule has 0 bridgehead atoms. The number of ether oxygens (including phenoxy) is 2. The van der Waals surface area contributed by atoms with Crippen molar-refractivity contribution in [2.24, 2.45) is 0 Å². The van der Waals surface area contributed by atoms with E-state index in [9.17, 15) is 4.79 Å². The predicted octanol–water partition coefficient (Wildman–Crippen LogP) is 1.28. The molecule has 0 radical (unpaired) electrons. The van der Waals surface area contributed by atoms with E-state index in [2.05, 4.69) is 25.0 Å². The highest BCUT2D eigenvalue weighted by Crippen LogP contribution is 2.15. The molecule has 0 unspecified atom stereocenters. The Bertz CT molecular complexity index is 604. The highest BCUT2D eigenvalue weighted by atomic mass is 16.5. The van der Waals surface area contributed by atoms with Crippen molar-refractivity contribution >= 4 is 11.8 Å². The Labute approximate surface area is 116 Å². The van der Waals surface area contributed by atoms with Crippen LogP contribution < -0.4 is 10.1 Å². The first kappa shape index (κ1) is 13.7. The molecule has 0 spiro atoms. The molecular formula is C13H14N4O3. The van der Waals surface area contributed by atoms with Crippen LogP contribution in [0.3, 0.4) is 0 Å². The number of nitrogens with zero attached hydrogens (tertiary/aromatic N) is 3. The van der Waals surface area contributed by atoms with Gasteiger partial charge in [-0.25, -0.2) is 14.8 Å². The third-order valence-electron chi connectivity index (χ3n) is 2.53. The molecule has 2 aromatic heterocycles. The van der Waals surface area contributed by atoms with Gasteiger partial charge in [-0.2, -0.15) is 0 Å². The third kappa shape index (κ3) is 3.19. The molecule has 20 heavy (non-hydrogen) atoms. The van der Waals surface area contributed by atoms with Crippen LogP contribution in [0.15, 0.2) is 30.7 Å². The second kappa shape index (κ2) is 6.46. The summed E-state index contributed by atoms with van der Waals surface area (Å²) < 4.78 is 9.74. The molecular weight excluding hydrogens is 260 g/mol. The Kier molecular flexibility index (Phi) is 4.43. The summed E-state index contributed by atoms with van der Waals surface area (Å²) >= 11 is 0. The maximum atomic E-state index is 11.4. The summed E-state index contributed by atoms with van der Waals surface area (Å²) in [5.41, 5.74) is 1.02. The van der Waals surface area contributed by atoms with Gasteiger partial charge in [0.25, 0.3) is 0 Å². The number of methoxy groups -OCH3 is 2. The number of hydrogen-bond acceptors (Lipinski definition) is 7. The summed E-state index contributed by atoms with van der Waals surface area (Å²) in [6.07, 6.45) is 4.52. The first-order chi connectivity index (χ1) is 9.74. The topological polar surface area (TPSA) is 86.2 Å². The fourth-order valence-electron chi connectivity index (χ4n) is 1.58. The molecule has 104 valence electrons. The van der Waals surface area contributed by atoms with Crippen LogP contribution >= 0.6 is 0 Å². The van der Waals surface area contributed by atoms with Gasteiger partial charge in [0.2, 0.25) is 5.88 Å². The van der Waals surface area contributed by atoms with Gasteiger partial charge in [-0.1, -0.05) is 6.07 Å². The summed E-state index contributed by atoms with van der Waals surface area (Å²) in [5.74, 6) is 0.482. The summed E-state index contributed by atoms with van der Waals surface area (Å²) in [6, 6.07) is 3.70. The lowest BCUT2D eigenvalue weighted by Crippen LogP contribution is -2.09. The normalized spacial score (nSPS) is 9.90. The summed E-state index contributed by atoms with van der Waals surface area (Å²) in [7, 11) is 2.86. The lowest BCUT2D eigenvalue weighted by Gasteiger charge is -2.09. The molecule has 0 saturated heterocycles. The van der Waals surface area contributed by atoms with E-state index in [4.69, 9.17) is 4.74 Å². The van der Waals surface area contributed by atoms with Crippen molar-refractivity contribution in [3.8, 4) is 5.88 Å². The second-order valence-corrected chi connectivity index (χ2v) is 3.81. The summed E-state index contributed by atoms with van der Waals surface area (Å²) in [4.78, 5) is 23.5. The summed E-state index contributed by atoms with van der Waals surface area (Å²) in [5, 5.41) is 3.05. The van der Waals surface area contributed by atoms with Crippen LogP contribution in [0, 0.1) is 0 Å². The molecule has 0 aliphatic heterocycles. The molecule has 7 nitrogen and oxygen atoms in total. The van der Waals surface area contributed by atoms with Gasteiger partial charge >= 0.3 is 5.97 Å². The number of pyridine rings is 1. The standard InChI is InChI=1S/C13H14N4O3/c1-19-12-9(4-3-5-15-12)6-16-11-8-14-7-10(17-11)13(18)20-2/h3-5,7-8H,6H2,1-2H3,(H,16,17). The number of anilines is 1. The van der Waals surface area contributed by atoms with Crippen molar-refractivity contribution in [3.63, 3.8) is 0 Å². The predicted molar refractivity (Wildman–Crippen MR) is 71.5 cm³/mol. The monoisotopic (exact) mass is 274 g/mol. The third-order valence-corrected chi connectivity index (χ3v) is 2.53. The van der Waals surface area contributed by atoms with Crippen molar-refractivity contribution in [2.75, 3.05) is 19.5 Å². The first-order valence-electron chi connectivity index (χ1n) is 5.86. The Balaban J connectivity index is 2.09. The lowest BCUT2D eigenvalue weighted by atomic mass is 10.2. The van der Waals surface area contributed by atoms with Crippen LogP contribution in [-0.4, -0.2) is 35.1 Å². The average Bonchev–Trinajstić information content (AvgIpc) is 2.52. The van der Waals surface area contributed by atoms with E-state index in [0.717, 1.165) is 5.56 Å². The van der Waals surface area contributed by atoms with Gasteiger partial charge in [-0.05, 0) is 6.07 Å². The molecule has 2 rings (SSSR count). The molecule has 0 saturated carbocycles. The van der Waals surface area contributed by atoms with Crippen LogP contribution in [0.4, 0.5) is 5.82 Å². The fourth-order valence-corrected chi connectivity index (χ4v) is 1.58. The highest BCUT2D eigenvalue weighted by molar-refractivity contribution is 5.87. The minimum atomic E-state index is -0.528. The van der Waals surface area contributed by atoms with Crippen LogP contribution in [0.2, 0.25) is 0 Å². The Hall–Kier alpha value is -2.70. The van der Waals surface area contributed by atoms with E-state index >= 15 is 0 Å². The zero-order chi connectivity index (χ0) is 14.4. The Morgan fingerprint density at radius 2 is 2.20 bits per heavy atom. The molecule has 0 fully saturated rings. The van der Waals surface area contributed by atoms with Crippen LogP contribution in [0.1, 0.15) is 16.1 Å². The largest absolute Gasteiger partial charge is 0.481 e. The minimum Gasteiger partial charge on any atom is -0.481 e.